The molecule has 1 aliphatic carbocycles. The van der Waals surface area contributed by atoms with E-state index in [1.165, 1.54) is 0 Å². The van der Waals surface area contributed by atoms with Crippen LogP contribution >= 0.6 is 0 Å². The summed E-state index contributed by atoms with van der Waals surface area (Å²) >= 11 is 0. The van der Waals surface area contributed by atoms with Crippen LogP contribution < -0.4 is 0 Å². The number of hydrogen-bond acceptors (Lipinski definition) is 0. The third-order valence-electron chi connectivity index (χ3n) is 0.348. The zero-order valence-corrected chi connectivity index (χ0v) is 2.28. The molecule has 1 rings (SSSR count). The number of hydrogen-bond donors (Lipinski definition) is 0. The molecule has 0 fully saturated rings. The van der Waals surface area contributed by atoms with Crippen molar-refractivity contribution in [3.05, 3.63) is 24.3 Å². The summed E-state index contributed by atoms with van der Waals surface area (Å²) in [5.41, 5.74) is 1.04. The van der Waals surface area contributed by atoms with Gasteiger partial charge in [0.15, 0.2) is 6.08 Å². The van der Waals surface area contributed by atoms with Gasteiger partial charge in [-0.15, -0.1) is 0 Å². The summed E-state index contributed by atoms with van der Waals surface area (Å²) in [4.78, 5) is 0. The molecule has 0 aromatic rings. The Labute approximate surface area is 25.4 Å². The average Bonchev–Trinajstić information content (AvgIpc) is 1.75. The van der Waals surface area contributed by atoms with E-state index in [2.05, 4.69) is 12.7 Å². The van der Waals surface area contributed by atoms with Crippen molar-refractivity contribution in [1.82, 2.24) is 0 Å². The topological polar surface area (TPSA) is 0 Å². The highest BCUT2D eigenvalue weighted by molar-refractivity contribution is 5.36. The third-order valence-corrected chi connectivity index (χ3v) is 0.348. The van der Waals surface area contributed by atoms with E-state index >= 15 is 0 Å². The van der Waals surface area contributed by atoms with Gasteiger partial charge in [-0.2, -0.15) is 0 Å². The predicted octanol–water partition coefficient (Wildman–Crippen LogP) is 0.916. The molecule has 0 radical (unpaired) electrons. The van der Waals surface area contributed by atoms with E-state index < -0.39 is 0 Å². The zero-order chi connectivity index (χ0) is 2.99. The Balaban J connectivity index is 2.80. The van der Waals surface area contributed by atoms with Crippen LogP contribution in [0.5, 0.6) is 0 Å². The molecule has 0 unspecified atom stereocenters. The predicted molar refractivity (Wildman–Crippen MR) is 17.0 cm³/mol. The van der Waals surface area contributed by atoms with Gasteiger partial charge in [-0.3, -0.25) is 0 Å². The highest BCUT2D eigenvalue weighted by Crippen LogP contribution is 2.05. The first-order chi connectivity index (χ1) is 1.89. The third kappa shape index (κ3) is 0.0370. The fourth-order valence-corrected chi connectivity index (χ4v) is 0.0510. The highest BCUT2D eigenvalue weighted by atomic mass is 13.9. The molecule has 0 spiro atoms. The molecule has 0 bridgehead atoms. The second-order valence-corrected chi connectivity index (χ2v) is 0.814. The largest absolute Gasteiger partial charge is 0.226 e. The Morgan fingerprint density at radius 2 is 2.25 bits per heavy atom. The Hall–Kier alpha value is -0.610. The molecule has 0 atom stereocenters. The van der Waals surface area contributed by atoms with Crippen molar-refractivity contribution in [3.63, 3.8) is 0 Å². The molecule has 0 heteroatoms. The van der Waals surface area contributed by atoms with Gasteiger partial charge in [0.05, 0.1) is 0 Å². The summed E-state index contributed by atoms with van der Waals surface area (Å²) in [6.45, 7) is 3.50. The number of allylic oxidation sites excluding steroid dienone is 3. The van der Waals surface area contributed by atoms with E-state index in [1.54, 1.807) is 0 Å². The SMILES string of the molecule is C=C1[C+]=C1. The summed E-state index contributed by atoms with van der Waals surface area (Å²) in [6.07, 6.45) is 4.62. The molecule has 0 heterocycles. The first-order valence-electron chi connectivity index (χ1n) is 1.18. The van der Waals surface area contributed by atoms with Gasteiger partial charge in [0.1, 0.15) is 6.08 Å². The Morgan fingerprint density at radius 3 is 2.25 bits per heavy atom. The quantitative estimate of drug-likeness (QED) is 0.359. The zero-order valence-electron chi connectivity index (χ0n) is 2.28. The van der Waals surface area contributed by atoms with Crippen molar-refractivity contribution in [1.29, 1.82) is 0 Å². The molecular formula is C4H3+. The fraction of sp³-hybridized carbons (Fsp3) is 0. The van der Waals surface area contributed by atoms with Gasteiger partial charge in [0, 0.05) is 6.58 Å². The van der Waals surface area contributed by atoms with Crippen LogP contribution in [0.25, 0.3) is 0 Å². The van der Waals surface area contributed by atoms with Crippen LogP contribution in [0.3, 0.4) is 0 Å². The van der Waals surface area contributed by atoms with Crippen LogP contribution in [0.4, 0.5) is 0 Å². The smallest absolute Gasteiger partial charge is 0.0367 e. The standard InChI is InChI=1S/C4H3/c1-4-2-3-4/h2H,1H2/q+1. The lowest BCUT2D eigenvalue weighted by molar-refractivity contribution is 2.12. The van der Waals surface area contributed by atoms with E-state index in [4.69, 9.17) is 0 Å². The molecule has 1 aliphatic rings. The molecular weight excluding hydrogens is 48.0 g/mol. The summed E-state index contributed by atoms with van der Waals surface area (Å²) in [7, 11) is 0. The highest BCUT2D eigenvalue weighted by Gasteiger charge is 2.09. The minimum Gasteiger partial charge on any atom is 0.0367 e. The first kappa shape index (κ1) is 1.68. The Bertz CT molecular complexity index is 60.1. The molecule has 0 saturated heterocycles. The van der Waals surface area contributed by atoms with Crippen LogP contribution in [0.1, 0.15) is 0 Å². The lowest BCUT2D eigenvalue weighted by atomic mass is 10.7. The summed E-state index contributed by atoms with van der Waals surface area (Å²) < 4.78 is 0. The minimum atomic E-state index is 1.04. The summed E-state index contributed by atoms with van der Waals surface area (Å²) in [6, 6.07) is 0. The van der Waals surface area contributed by atoms with E-state index in [9.17, 15) is 0 Å². The van der Waals surface area contributed by atoms with Gasteiger partial charge in [-0.25, -0.2) is 0 Å². The molecule has 0 aliphatic heterocycles. The van der Waals surface area contributed by atoms with Crippen molar-refractivity contribution in [2.45, 2.75) is 0 Å². The van der Waals surface area contributed by atoms with Crippen molar-refractivity contribution in [2.75, 3.05) is 0 Å². The molecule has 0 aromatic carbocycles. The Kier molecular flexibility index (Phi) is 0.101. The first-order valence-corrected chi connectivity index (χ1v) is 1.18. The molecule has 0 aromatic heterocycles. The van der Waals surface area contributed by atoms with Gasteiger partial charge in [-0.1, -0.05) is 0 Å². The van der Waals surface area contributed by atoms with Crippen molar-refractivity contribution in [3.8, 4) is 0 Å². The molecule has 0 N–H and O–H groups in total. The van der Waals surface area contributed by atoms with Crippen molar-refractivity contribution in [2.24, 2.45) is 0 Å². The van der Waals surface area contributed by atoms with Crippen LogP contribution in [0.15, 0.2) is 18.2 Å². The summed E-state index contributed by atoms with van der Waals surface area (Å²) in [5.74, 6) is 0. The molecule has 0 amide bonds. The maximum atomic E-state index is 3.50. The van der Waals surface area contributed by atoms with E-state index in [-0.39, 0.29) is 0 Å². The van der Waals surface area contributed by atoms with Crippen LogP contribution in [0, 0.1) is 6.08 Å². The maximum Gasteiger partial charge on any atom is 0.226 e. The Morgan fingerprint density at radius 1 is 2.00 bits per heavy atom. The maximum absolute atomic E-state index is 3.50. The fourth-order valence-electron chi connectivity index (χ4n) is 0.0510. The van der Waals surface area contributed by atoms with Gasteiger partial charge < -0.3 is 0 Å². The molecule has 0 saturated carbocycles. The van der Waals surface area contributed by atoms with Gasteiger partial charge in [0.25, 0.3) is 0 Å². The van der Waals surface area contributed by atoms with E-state index in [0.29, 0.717) is 0 Å². The summed E-state index contributed by atoms with van der Waals surface area (Å²) in [5, 5.41) is 0. The lowest BCUT2D eigenvalue weighted by Gasteiger charge is -1.17. The van der Waals surface area contributed by atoms with E-state index in [0.717, 1.165) is 5.57 Å². The van der Waals surface area contributed by atoms with E-state index in [1.807, 2.05) is 6.08 Å². The average molecular weight is 51.1 g/mol. The van der Waals surface area contributed by atoms with Gasteiger partial charge >= 0.3 is 0 Å². The molecule has 4 heavy (non-hydrogen) atoms. The lowest BCUT2D eigenvalue weighted by Crippen LogP contribution is -1.20. The second kappa shape index (κ2) is 0.240. The minimum absolute atomic E-state index is 1.04. The van der Waals surface area contributed by atoms with Crippen molar-refractivity contribution < 1.29 is 0 Å². The van der Waals surface area contributed by atoms with Gasteiger partial charge in [0.2, 0.25) is 5.57 Å². The molecule has 18 valence electrons. The van der Waals surface area contributed by atoms with Gasteiger partial charge in [-0.05, 0) is 0 Å². The normalized spacial score (nSPS) is 15.5. The number of rotatable bonds is 0. The monoisotopic (exact) mass is 51.0 g/mol. The molecule has 0 nitrogen and oxygen atoms in total. The van der Waals surface area contributed by atoms with Crippen LogP contribution in [-0.4, -0.2) is 0 Å². The van der Waals surface area contributed by atoms with Crippen molar-refractivity contribution >= 4 is 0 Å². The second-order valence-electron chi connectivity index (χ2n) is 0.814. The van der Waals surface area contributed by atoms with Crippen LogP contribution in [0.2, 0.25) is 0 Å². The van der Waals surface area contributed by atoms with Crippen LogP contribution in [-0.2, 0) is 0 Å².